The third kappa shape index (κ3) is 5.06. The number of fused-ring (bicyclic) bond motifs is 1. The Kier molecular flexibility index (Phi) is 6.52. The van der Waals surface area contributed by atoms with Gasteiger partial charge in [0.1, 0.15) is 5.56 Å². The van der Waals surface area contributed by atoms with Crippen LogP contribution in [0.5, 0.6) is 0 Å². The topological polar surface area (TPSA) is 59.5 Å². The van der Waals surface area contributed by atoms with Crippen LogP contribution in [0.1, 0.15) is 31.0 Å². The van der Waals surface area contributed by atoms with Crippen LogP contribution in [-0.4, -0.2) is 66.7 Å². The Bertz CT molecular complexity index is 1020. The average Bonchev–Trinajstić information content (AvgIpc) is 3.33. The minimum atomic E-state index is -4.52. The van der Waals surface area contributed by atoms with Crippen LogP contribution in [0.15, 0.2) is 24.3 Å². The number of rotatable bonds is 5. The molecule has 4 atom stereocenters. The van der Waals surface area contributed by atoms with E-state index in [1.807, 2.05) is 32.0 Å². The number of nitrogens with one attached hydrogen (secondary N) is 1. The monoisotopic (exact) mass is 478 g/mol. The summed E-state index contributed by atoms with van der Waals surface area (Å²) in [5.41, 5.74) is 1.99. The molecule has 2 saturated heterocycles. The van der Waals surface area contributed by atoms with Crippen LogP contribution in [-0.2, 0) is 15.7 Å². The van der Waals surface area contributed by atoms with E-state index in [4.69, 9.17) is 9.47 Å². The Morgan fingerprint density at radius 1 is 1.09 bits per heavy atom. The number of likely N-dealkylation sites (tertiary alicyclic amines) is 1. The molecular formula is C25H33F3N4O2. The van der Waals surface area contributed by atoms with Crippen molar-refractivity contribution in [2.45, 2.75) is 45.0 Å². The molecule has 34 heavy (non-hydrogen) atoms. The summed E-state index contributed by atoms with van der Waals surface area (Å²) < 4.78 is 53.2. The summed E-state index contributed by atoms with van der Waals surface area (Å²) in [6, 6.07) is 6.76. The molecule has 1 aromatic carbocycles. The molecule has 9 heteroatoms. The molecule has 3 aliphatic rings. The zero-order valence-corrected chi connectivity index (χ0v) is 19.6. The summed E-state index contributed by atoms with van der Waals surface area (Å²) in [5.74, 6) is 0.771. The lowest BCUT2D eigenvalue weighted by molar-refractivity contribution is -0.137. The molecular weight excluding hydrogens is 445 g/mol. The molecule has 0 bridgehead atoms. The number of alkyl halides is 3. The van der Waals surface area contributed by atoms with Gasteiger partial charge in [-0.05, 0) is 56.2 Å². The zero-order chi connectivity index (χ0) is 23.9. The number of halogens is 3. The van der Waals surface area contributed by atoms with Gasteiger partial charge in [0, 0.05) is 32.7 Å². The van der Waals surface area contributed by atoms with E-state index in [2.05, 4.69) is 20.4 Å². The van der Waals surface area contributed by atoms with Gasteiger partial charge in [-0.1, -0.05) is 17.7 Å². The predicted octanol–water partition coefficient (Wildman–Crippen LogP) is 4.56. The van der Waals surface area contributed by atoms with Crippen LogP contribution in [0, 0.1) is 25.7 Å². The van der Waals surface area contributed by atoms with Crippen molar-refractivity contribution in [3.8, 4) is 11.3 Å². The van der Waals surface area contributed by atoms with Gasteiger partial charge < -0.3 is 19.7 Å². The minimum absolute atomic E-state index is 0. The summed E-state index contributed by atoms with van der Waals surface area (Å²) in [6.07, 6.45) is -2.73. The summed E-state index contributed by atoms with van der Waals surface area (Å²) in [7, 11) is 0. The SMILES string of the molecule is Cc1ccc(C)c(-c2cc(C(F)(F)F)c(NC3C[C@@H]4CN(C[C@@H]5COCCO5)C[C@@H]4C3)nn2)c1.[HH]. The maximum Gasteiger partial charge on any atom is 0.420 e. The van der Waals surface area contributed by atoms with Crippen molar-refractivity contribution < 1.29 is 24.1 Å². The van der Waals surface area contributed by atoms with Gasteiger partial charge in [-0.2, -0.15) is 13.2 Å². The first-order valence-electron chi connectivity index (χ1n) is 12.0. The van der Waals surface area contributed by atoms with Gasteiger partial charge in [-0.25, -0.2) is 0 Å². The van der Waals surface area contributed by atoms with E-state index in [0.29, 0.717) is 37.2 Å². The lowest BCUT2D eigenvalue weighted by atomic mass is 10.0. The number of nitrogens with zero attached hydrogens (tertiary/aromatic N) is 3. The molecule has 3 fully saturated rings. The lowest BCUT2D eigenvalue weighted by Crippen LogP contribution is -2.39. The minimum Gasteiger partial charge on any atom is -0.376 e. The van der Waals surface area contributed by atoms with E-state index >= 15 is 0 Å². The first kappa shape index (κ1) is 23.5. The van der Waals surface area contributed by atoms with E-state index in [9.17, 15) is 13.2 Å². The van der Waals surface area contributed by atoms with Gasteiger partial charge in [-0.15, -0.1) is 10.2 Å². The van der Waals surface area contributed by atoms with E-state index in [-0.39, 0.29) is 25.1 Å². The summed E-state index contributed by atoms with van der Waals surface area (Å²) in [6.45, 7) is 8.46. The maximum absolute atomic E-state index is 14.0. The summed E-state index contributed by atoms with van der Waals surface area (Å²) in [5, 5.41) is 11.3. The third-order valence-corrected chi connectivity index (χ3v) is 7.28. The number of aromatic nitrogens is 2. The Balaban J connectivity index is 0.00000289. The van der Waals surface area contributed by atoms with Crippen molar-refractivity contribution in [2.75, 3.05) is 44.8 Å². The molecule has 1 aromatic heterocycles. The number of hydrogen-bond donors (Lipinski definition) is 1. The number of ether oxygens (including phenoxy) is 2. The van der Waals surface area contributed by atoms with Gasteiger partial charge in [0.2, 0.25) is 0 Å². The Morgan fingerprint density at radius 2 is 1.85 bits per heavy atom. The lowest BCUT2D eigenvalue weighted by Gasteiger charge is -2.28. The second-order valence-electron chi connectivity index (χ2n) is 9.93. The molecule has 1 saturated carbocycles. The fraction of sp³-hybridized carbons (Fsp3) is 0.600. The second kappa shape index (κ2) is 9.43. The van der Waals surface area contributed by atoms with Crippen molar-refractivity contribution in [2.24, 2.45) is 11.8 Å². The van der Waals surface area contributed by atoms with Crippen molar-refractivity contribution in [1.82, 2.24) is 15.1 Å². The molecule has 1 N–H and O–H groups in total. The molecule has 1 aliphatic carbocycles. The van der Waals surface area contributed by atoms with Gasteiger partial charge >= 0.3 is 6.18 Å². The van der Waals surface area contributed by atoms with E-state index < -0.39 is 11.7 Å². The van der Waals surface area contributed by atoms with Gasteiger partial charge in [0.15, 0.2) is 5.82 Å². The first-order chi connectivity index (χ1) is 16.3. The molecule has 2 aromatic rings. The molecule has 3 heterocycles. The quantitative estimate of drug-likeness (QED) is 0.680. The number of hydrogen-bond acceptors (Lipinski definition) is 6. The normalized spacial score (nSPS) is 27.7. The van der Waals surface area contributed by atoms with Crippen molar-refractivity contribution in [1.29, 1.82) is 0 Å². The van der Waals surface area contributed by atoms with Crippen LogP contribution < -0.4 is 5.32 Å². The Morgan fingerprint density at radius 3 is 2.53 bits per heavy atom. The maximum atomic E-state index is 14.0. The highest BCUT2D eigenvalue weighted by Gasteiger charge is 2.43. The standard InChI is InChI=1S/C25H31F3N4O2.H2/c1-15-3-4-16(2)21(7-15)23-10-22(25(26,27)28)24(31-30-23)29-19-8-17-11-32(12-18(17)9-19)13-20-14-33-5-6-34-20;/h3-4,7,10,17-20H,5-6,8-9,11-14H2,1-2H3,(H,29,31);1H/t17-,18+,19?,20-;/m1./s1. The van der Waals surface area contributed by atoms with Crippen LogP contribution in [0.3, 0.4) is 0 Å². The zero-order valence-electron chi connectivity index (χ0n) is 19.6. The number of benzene rings is 1. The van der Waals surface area contributed by atoms with E-state index in [1.165, 1.54) is 0 Å². The predicted molar refractivity (Wildman–Crippen MR) is 125 cm³/mol. The van der Waals surface area contributed by atoms with Crippen LogP contribution >= 0.6 is 0 Å². The highest BCUT2D eigenvalue weighted by Crippen LogP contribution is 2.41. The Labute approximate surface area is 199 Å². The average molecular weight is 479 g/mol. The molecule has 0 amide bonds. The molecule has 2 aliphatic heterocycles. The second-order valence-corrected chi connectivity index (χ2v) is 9.93. The molecule has 0 spiro atoms. The highest BCUT2D eigenvalue weighted by molar-refractivity contribution is 5.66. The number of anilines is 1. The van der Waals surface area contributed by atoms with Gasteiger partial charge in [-0.3, -0.25) is 0 Å². The molecule has 186 valence electrons. The molecule has 0 radical (unpaired) electrons. The summed E-state index contributed by atoms with van der Waals surface area (Å²) in [4.78, 5) is 2.41. The highest BCUT2D eigenvalue weighted by atomic mass is 19.4. The van der Waals surface area contributed by atoms with Gasteiger partial charge in [0.05, 0.1) is 31.6 Å². The van der Waals surface area contributed by atoms with Crippen LogP contribution in [0.4, 0.5) is 19.0 Å². The largest absolute Gasteiger partial charge is 0.420 e. The van der Waals surface area contributed by atoms with Crippen LogP contribution in [0.25, 0.3) is 11.3 Å². The summed E-state index contributed by atoms with van der Waals surface area (Å²) >= 11 is 0. The molecule has 6 nitrogen and oxygen atoms in total. The molecule has 5 rings (SSSR count). The van der Waals surface area contributed by atoms with Crippen molar-refractivity contribution >= 4 is 5.82 Å². The van der Waals surface area contributed by atoms with Crippen molar-refractivity contribution in [3.63, 3.8) is 0 Å². The molecule has 1 unspecified atom stereocenters. The first-order valence-corrected chi connectivity index (χ1v) is 12.0. The van der Waals surface area contributed by atoms with E-state index in [1.54, 1.807) is 0 Å². The van der Waals surface area contributed by atoms with Gasteiger partial charge in [0.25, 0.3) is 0 Å². The fourth-order valence-electron chi connectivity index (χ4n) is 5.65. The van der Waals surface area contributed by atoms with Crippen molar-refractivity contribution in [3.05, 3.63) is 41.0 Å². The third-order valence-electron chi connectivity index (χ3n) is 7.28. The van der Waals surface area contributed by atoms with E-state index in [0.717, 1.165) is 49.7 Å². The smallest absolute Gasteiger partial charge is 0.376 e. The van der Waals surface area contributed by atoms with Crippen LogP contribution in [0.2, 0.25) is 0 Å². The Hall–Kier alpha value is -2.23. The fourth-order valence-corrected chi connectivity index (χ4v) is 5.65. The number of aryl methyl sites for hydroxylation is 2.